The molecule has 3 aromatic carbocycles. The highest BCUT2D eigenvalue weighted by atomic mass is 19.1. The first-order chi connectivity index (χ1) is 15.6. The van der Waals surface area contributed by atoms with Crippen molar-refractivity contribution in [3.63, 3.8) is 0 Å². The van der Waals surface area contributed by atoms with Crippen LogP contribution in [0.1, 0.15) is 15.9 Å². The van der Waals surface area contributed by atoms with Gasteiger partial charge < -0.3 is 5.32 Å². The Morgan fingerprint density at radius 3 is 2.56 bits per heavy atom. The number of hydrogen-bond donors (Lipinski definition) is 2. The van der Waals surface area contributed by atoms with Crippen LogP contribution in [-0.2, 0) is 6.42 Å². The fourth-order valence-electron chi connectivity index (χ4n) is 3.74. The molecule has 0 bridgehead atoms. The standard InChI is InChI=1S/C25H19FN4O2/c26-18-7-9-19(10-8-18)30-25(32)21-15-28-22-11-6-17(14-20(22)23(21)29-30)24(31)27-13-12-16-4-2-1-3-5-16/h1-11,14-15,29H,12-13H2,(H,27,31). The zero-order valence-electron chi connectivity index (χ0n) is 17.0. The molecular formula is C25H19FN4O2. The number of nitrogens with zero attached hydrogens (tertiary/aromatic N) is 2. The van der Waals surface area contributed by atoms with E-state index in [2.05, 4.69) is 15.4 Å². The van der Waals surface area contributed by atoms with Crippen molar-refractivity contribution in [2.75, 3.05) is 6.54 Å². The van der Waals surface area contributed by atoms with Crippen LogP contribution in [-0.4, -0.2) is 27.2 Å². The minimum absolute atomic E-state index is 0.194. The molecule has 158 valence electrons. The number of aromatic amines is 1. The highest BCUT2D eigenvalue weighted by Gasteiger charge is 2.14. The summed E-state index contributed by atoms with van der Waals surface area (Å²) in [5.74, 6) is -0.576. The van der Waals surface area contributed by atoms with E-state index >= 15 is 0 Å². The lowest BCUT2D eigenvalue weighted by atomic mass is 10.1. The summed E-state index contributed by atoms with van der Waals surface area (Å²) in [4.78, 5) is 29.9. The van der Waals surface area contributed by atoms with Gasteiger partial charge in [0.2, 0.25) is 0 Å². The number of carbonyl (C=O) groups is 1. The number of fused-ring (bicyclic) bond motifs is 3. The predicted molar refractivity (Wildman–Crippen MR) is 122 cm³/mol. The van der Waals surface area contributed by atoms with Gasteiger partial charge in [-0.1, -0.05) is 30.3 Å². The first kappa shape index (κ1) is 19.7. The lowest BCUT2D eigenvalue weighted by molar-refractivity contribution is 0.0954. The summed E-state index contributed by atoms with van der Waals surface area (Å²) in [7, 11) is 0. The molecule has 2 N–H and O–H groups in total. The van der Waals surface area contributed by atoms with Gasteiger partial charge >= 0.3 is 0 Å². The maximum atomic E-state index is 13.3. The molecule has 0 spiro atoms. The number of H-pyrrole nitrogens is 1. The maximum Gasteiger partial charge on any atom is 0.280 e. The molecule has 0 saturated heterocycles. The van der Waals surface area contributed by atoms with Crippen molar-refractivity contribution in [1.29, 1.82) is 0 Å². The van der Waals surface area contributed by atoms with Gasteiger partial charge in [0.15, 0.2) is 0 Å². The number of carbonyl (C=O) groups excluding carboxylic acids is 1. The zero-order chi connectivity index (χ0) is 22.1. The van der Waals surface area contributed by atoms with Crippen LogP contribution >= 0.6 is 0 Å². The summed E-state index contributed by atoms with van der Waals surface area (Å²) in [6.45, 7) is 0.515. The van der Waals surface area contributed by atoms with E-state index in [0.717, 1.165) is 12.0 Å². The molecule has 1 amide bonds. The van der Waals surface area contributed by atoms with Gasteiger partial charge in [-0.25, -0.2) is 9.07 Å². The van der Waals surface area contributed by atoms with Crippen LogP contribution in [0.15, 0.2) is 83.8 Å². The van der Waals surface area contributed by atoms with Crippen molar-refractivity contribution in [2.24, 2.45) is 0 Å². The van der Waals surface area contributed by atoms with Gasteiger partial charge in [-0.15, -0.1) is 0 Å². The van der Waals surface area contributed by atoms with Gasteiger partial charge in [0, 0.05) is 23.7 Å². The third-order valence-electron chi connectivity index (χ3n) is 5.41. The monoisotopic (exact) mass is 426 g/mol. The second-order valence-corrected chi connectivity index (χ2v) is 7.50. The second kappa shape index (κ2) is 8.11. The lowest BCUT2D eigenvalue weighted by Gasteiger charge is -2.07. The molecule has 0 radical (unpaired) electrons. The Balaban J connectivity index is 1.47. The van der Waals surface area contributed by atoms with E-state index < -0.39 is 0 Å². The van der Waals surface area contributed by atoms with Crippen molar-refractivity contribution < 1.29 is 9.18 Å². The average Bonchev–Trinajstić information content (AvgIpc) is 3.17. The van der Waals surface area contributed by atoms with Gasteiger partial charge in [-0.3, -0.25) is 19.7 Å². The Hall–Kier alpha value is -4.26. The number of pyridine rings is 1. The Morgan fingerprint density at radius 1 is 1.00 bits per heavy atom. The van der Waals surface area contributed by atoms with E-state index in [1.165, 1.54) is 35.1 Å². The van der Waals surface area contributed by atoms with Crippen molar-refractivity contribution in [2.45, 2.75) is 6.42 Å². The summed E-state index contributed by atoms with van der Waals surface area (Å²) < 4.78 is 14.6. The predicted octanol–water partition coefficient (Wildman–Crippen LogP) is 3.98. The second-order valence-electron chi connectivity index (χ2n) is 7.50. The van der Waals surface area contributed by atoms with Gasteiger partial charge in [0.1, 0.15) is 5.82 Å². The van der Waals surface area contributed by atoms with Crippen molar-refractivity contribution >= 4 is 27.7 Å². The minimum atomic E-state index is -0.382. The average molecular weight is 426 g/mol. The molecule has 0 atom stereocenters. The van der Waals surface area contributed by atoms with Crippen LogP contribution in [0, 0.1) is 5.82 Å². The quantitative estimate of drug-likeness (QED) is 0.446. The van der Waals surface area contributed by atoms with Crippen LogP contribution in [0.25, 0.3) is 27.5 Å². The molecule has 0 unspecified atom stereocenters. The SMILES string of the molecule is O=C(NCCc1ccccc1)c1ccc2ncc3c(=O)n(-c4ccc(F)cc4)[nH]c3c2c1. The normalized spacial score (nSPS) is 11.2. The van der Waals surface area contributed by atoms with Crippen molar-refractivity contribution in [3.05, 3.63) is 106 Å². The fraction of sp³-hybridized carbons (Fsp3) is 0.0800. The number of benzene rings is 3. The zero-order valence-corrected chi connectivity index (χ0v) is 17.0. The molecule has 32 heavy (non-hydrogen) atoms. The molecule has 0 saturated carbocycles. The molecule has 0 aliphatic rings. The van der Waals surface area contributed by atoms with E-state index in [-0.39, 0.29) is 17.3 Å². The van der Waals surface area contributed by atoms with Crippen LogP contribution in [0.4, 0.5) is 4.39 Å². The summed E-state index contributed by atoms with van der Waals surface area (Å²) in [5.41, 5.74) is 3.08. The van der Waals surface area contributed by atoms with Gasteiger partial charge in [-0.05, 0) is 54.4 Å². The molecule has 5 aromatic rings. The van der Waals surface area contributed by atoms with E-state index in [0.29, 0.717) is 39.6 Å². The Morgan fingerprint density at radius 2 is 1.78 bits per heavy atom. The highest BCUT2D eigenvalue weighted by Crippen LogP contribution is 2.22. The molecule has 0 fully saturated rings. The minimum Gasteiger partial charge on any atom is -0.352 e. The van der Waals surface area contributed by atoms with Crippen molar-refractivity contribution in [3.8, 4) is 5.69 Å². The molecule has 2 heterocycles. The first-order valence-electron chi connectivity index (χ1n) is 10.2. The summed E-state index contributed by atoms with van der Waals surface area (Å²) >= 11 is 0. The molecule has 2 aromatic heterocycles. The summed E-state index contributed by atoms with van der Waals surface area (Å²) in [6, 6.07) is 20.8. The largest absolute Gasteiger partial charge is 0.352 e. The fourth-order valence-corrected chi connectivity index (χ4v) is 3.74. The third kappa shape index (κ3) is 3.65. The molecular weight excluding hydrogens is 407 g/mol. The number of halogens is 1. The third-order valence-corrected chi connectivity index (χ3v) is 5.41. The molecule has 7 heteroatoms. The first-order valence-corrected chi connectivity index (χ1v) is 10.2. The highest BCUT2D eigenvalue weighted by molar-refractivity contribution is 6.06. The van der Waals surface area contributed by atoms with Gasteiger partial charge in [0.05, 0.1) is 22.1 Å². The molecule has 0 aliphatic carbocycles. The van der Waals surface area contributed by atoms with Crippen molar-refractivity contribution in [1.82, 2.24) is 20.1 Å². The smallest absolute Gasteiger partial charge is 0.280 e. The van der Waals surface area contributed by atoms with Crippen LogP contribution in [0.2, 0.25) is 0 Å². The summed E-state index contributed by atoms with van der Waals surface area (Å²) in [6.07, 6.45) is 2.25. The van der Waals surface area contributed by atoms with E-state index in [1.54, 1.807) is 18.2 Å². The Kier molecular flexibility index (Phi) is 4.99. The van der Waals surface area contributed by atoms with Gasteiger partial charge in [-0.2, -0.15) is 0 Å². The molecule has 0 aliphatic heterocycles. The van der Waals surface area contributed by atoms with E-state index in [9.17, 15) is 14.0 Å². The van der Waals surface area contributed by atoms with Crippen LogP contribution in [0.5, 0.6) is 0 Å². The Bertz CT molecular complexity index is 1490. The molecule has 6 nitrogen and oxygen atoms in total. The Labute approximate surface area is 182 Å². The number of amides is 1. The number of aromatic nitrogens is 3. The maximum absolute atomic E-state index is 13.3. The number of rotatable bonds is 5. The van der Waals surface area contributed by atoms with Crippen LogP contribution in [0.3, 0.4) is 0 Å². The van der Waals surface area contributed by atoms with Crippen LogP contribution < -0.4 is 10.9 Å². The number of hydrogen-bond acceptors (Lipinski definition) is 3. The molecule has 5 rings (SSSR count). The van der Waals surface area contributed by atoms with Gasteiger partial charge in [0.25, 0.3) is 11.5 Å². The van der Waals surface area contributed by atoms with E-state index in [4.69, 9.17) is 0 Å². The topological polar surface area (TPSA) is 79.8 Å². The van der Waals surface area contributed by atoms with E-state index in [1.807, 2.05) is 30.3 Å². The summed E-state index contributed by atoms with van der Waals surface area (Å²) in [5, 5.41) is 7.07. The lowest BCUT2D eigenvalue weighted by Crippen LogP contribution is -2.25. The number of nitrogens with one attached hydrogen (secondary N) is 2.